The molecule has 0 aliphatic carbocycles. The molecule has 21 heavy (non-hydrogen) atoms. The lowest BCUT2D eigenvalue weighted by Gasteiger charge is -2.08. The molecule has 2 aromatic carbocycles. The molecule has 0 N–H and O–H groups in total. The third-order valence-electron chi connectivity index (χ3n) is 2.69. The summed E-state index contributed by atoms with van der Waals surface area (Å²) in [5, 5.41) is 11.5. The van der Waals surface area contributed by atoms with Gasteiger partial charge in [0.1, 0.15) is 18.2 Å². The largest absolute Gasteiger partial charge is 0.482 e. The van der Waals surface area contributed by atoms with Crippen molar-refractivity contribution in [3.63, 3.8) is 0 Å². The van der Waals surface area contributed by atoms with Gasteiger partial charge in [-0.1, -0.05) is 22.0 Å². The van der Waals surface area contributed by atoms with E-state index in [4.69, 9.17) is 4.74 Å². The summed E-state index contributed by atoms with van der Waals surface area (Å²) >= 11 is 3.21. The smallest absolute Gasteiger partial charge is 0.311 e. The van der Waals surface area contributed by atoms with Crippen molar-refractivity contribution in [2.75, 3.05) is 0 Å². The van der Waals surface area contributed by atoms with Crippen LogP contribution < -0.4 is 4.74 Å². The lowest BCUT2D eigenvalue weighted by atomic mass is 10.2. The molecule has 7 heteroatoms. The van der Waals surface area contributed by atoms with E-state index < -0.39 is 16.6 Å². The van der Waals surface area contributed by atoms with Crippen molar-refractivity contribution in [1.82, 2.24) is 0 Å². The summed E-state index contributed by atoms with van der Waals surface area (Å²) in [6, 6.07) is 7.49. The number of nitro benzene ring substituents is 1. The zero-order valence-corrected chi connectivity index (χ0v) is 12.3. The van der Waals surface area contributed by atoms with Gasteiger partial charge in [-0.15, -0.1) is 0 Å². The molecule has 0 aliphatic rings. The van der Waals surface area contributed by atoms with Crippen molar-refractivity contribution in [1.29, 1.82) is 0 Å². The summed E-state index contributed by atoms with van der Waals surface area (Å²) in [6.45, 7) is -0.164. The number of rotatable bonds is 5. The van der Waals surface area contributed by atoms with Gasteiger partial charge in [0.15, 0.2) is 5.75 Å². The Labute approximate surface area is 127 Å². The Morgan fingerprint density at radius 2 is 1.76 bits per heavy atom. The number of halogens is 3. The van der Waals surface area contributed by atoms with Crippen LogP contribution in [0.4, 0.5) is 14.5 Å². The molecule has 110 valence electrons. The van der Waals surface area contributed by atoms with E-state index in [-0.39, 0.29) is 23.6 Å². The zero-order valence-electron chi connectivity index (χ0n) is 10.7. The molecule has 0 fully saturated rings. The SMILES string of the molecule is O=[N+]([O-])c1cc(CBr)ccc1OCc1cc(F)cc(F)c1. The first kappa shape index (κ1) is 15.4. The molecule has 0 atom stereocenters. The maximum Gasteiger partial charge on any atom is 0.311 e. The minimum Gasteiger partial charge on any atom is -0.482 e. The van der Waals surface area contributed by atoms with Crippen molar-refractivity contribution >= 4 is 21.6 Å². The van der Waals surface area contributed by atoms with E-state index in [1.165, 1.54) is 12.1 Å². The van der Waals surface area contributed by atoms with E-state index in [2.05, 4.69) is 15.9 Å². The number of benzene rings is 2. The minimum absolute atomic E-state index is 0.0503. The molecule has 0 bridgehead atoms. The first-order valence-corrected chi connectivity index (χ1v) is 7.03. The number of ether oxygens (including phenoxy) is 1. The quantitative estimate of drug-likeness (QED) is 0.454. The van der Waals surface area contributed by atoms with Gasteiger partial charge in [0.05, 0.1) is 4.92 Å². The highest BCUT2D eigenvalue weighted by Gasteiger charge is 2.16. The van der Waals surface area contributed by atoms with Crippen molar-refractivity contribution in [2.45, 2.75) is 11.9 Å². The van der Waals surface area contributed by atoms with Crippen molar-refractivity contribution < 1.29 is 18.4 Å². The summed E-state index contributed by atoms with van der Waals surface area (Å²) in [6.07, 6.45) is 0. The van der Waals surface area contributed by atoms with Crippen LogP contribution in [0.15, 0.2) is 36.4 Å². The van der Waals surface area contributed by atoms with Gasteiger partial charge in [-0.2, -0.15) is 0 Å². The molecule has 0 amide bonds. The second kappa shape index (κ2) is 6.62. The van der Waals surface area contributed by atoms with Crippen LogP contribution in [0.5, 0.6) is 5.75 Å². The molecule has 0 saturated heterocycles. The molecule has 0 heterocycles. The van der Waals surface area contributed by atoms with Crippen LogP contribution in [-0.2, 0) is 11.9 Å². The average Bonchev–Trinajstić information content (AvgIpc) is 2.43. The molecule has 0 unspecified atom stereocenters. The van der Waals surface area contributed by atoms with E-state index in [0.717, 1.165) is 23.8 Å². The first-order chi connectivity index (χ1) is 9.99. The predicted molar refractivity (Wildman–Crippen MR) is 76.4 cm³/mol. The number of nitrogens with zero attached hydrogens (tertiary/aromatic N) is 1. The van der Waals surface area contributed by atoms with E-state index in [0.29, 0.717) is 5.33 Å². The highest BCUT2D eigenvalue weighted by molar-refractivity contribution is 9.08. The average molecular weight is 358 g/mol. The van der Waals surface area contributed by atoms with Gasteiger partial charge < -0.3 is 4.74 Å². The van der Waals surface area contributed by atoms with Crippen molar-refractivity contribution in [3.05, 3.63) is 69.3 Å². The predicted octanol–water partition coefficient (Wildman–Crippen LogP) is 4.35. The van der Waals surface area contributed by atoms with E-state index >= 15 is 0 Å². The highest BCUT2D eigenvalue weighted by atomic mass is 79.9. The topological polar surface area (TPSA) is 52.4 Å². The highest BCUT2D eigenvalue weighted by Crippen LogP contribution is 2.29. The number of alkyl halides is 1. The summed E-state index contributed by atoms with van der Waals surface area (Å²) in [7, 11) is 0. The van der Waals surface area contributed by atoms with E-state index in [1.54, 1.807) is 6.07 Å². The fourth-order valence-electron chi connectivity index (χ4n) is 1.77. The monoisotopic (exact) mass is 357 g/mol. The molecule has 0 aromatic heterocycles. The Balaban J connectivity index is 2.21. The maximum atomic E-state index is 13.1. The number of hydrogen-bond donors (Lipinski definition) is 0. The third-order valence-corrected chi connectivity index (χ3v) is 3.34. The van der Waals surface area contributed by atoms with Gasteiger partial charge >= 0.3 is 5.69 Å². The summed E-state index contributed by atoms with van der Waals surface area (Å²) in [5.74, 6) is -1.40. The molecule has 2 aromatic rings. The fraction of sp³-hybridized carbons (Fsp3) is 0.143. The van der Waals surface area contributed by atoms with Crippen LogP contribution in [0.2, 0.25) is 0 Å². The summed E-state index contributed by atoms with van der Waals surface area (Å²) in [5.41, 5.74) is 0.793. The van der Waals surface area contributed by atoms with Gasteiger partial charge in [0.2, 0.25) is 0 Å². The standard InChI is InChI=1S/C14H10BrF2NO3/c15-7-9-1-2-14(13(5-9)18(19)20)21-8-10-3-11(16)6-12(17)4-10/h1-6H,7-8H2. The van der Waals surface area contributed by atoms with Crippen LogP contribution >= 0.6 is 15.9 Å². The normalized spacial score (nSPS) is 10.4. The van der Waals surface area contributed by atoms with Gasteiger partial charge in [-0.3, -0.25) is 10.1 Å². The van der Waals surface area contributed by atoms with Crippen molar-refractivity contribution in [2.24, 2.45) is 0 Å². The van der Waals surface area contributed by atoms with Crippen LogP contribution in [0.3, 0.4) is 0 Å². The van der Waals surface area contributed by atoms with Gasteiger partial charge in [0, 0.05) is 17.5 Å². The second-order valence-corrected chi connectivity index (χ2v) is 4.82. The first-order valence-electron chi connectivity index (χ1n) is 5.90. The van der Waals surface area contributed by atoms with Crippen molar-refractivity contribution in [3.8, 4) is 5.75 Å². The Bertz CT molecular complexity index is 659. The molecule has 0 saturated carbocycles. The Kier molecular flexibility index (Phi) is 4.85. The number of nitro groups is 1. The fourth-order valence-corrected chi connectivity index (χ4v) is 2.11. The molecule has 2 rings (SSSR count). The van der Waals surface area contributed by atoms with E-state index in [1.807, 2.05) is 0 Å². The van der Waals surface area contributed by atoms with Crippen LogP contribution in [0.1, 0.15) is 11.1 Å². The van der Waals surface area contributed by atoms with Gasteiger partial charge in [0.25, 0.3) is 0 Å². The van der Waals surface area contributed by atoms with Crippen LogP contribution in [-0.4, -0.2) is 4.92 Å². The molecular weight excluding hydrogens is 348 g/mol. The summed E-state index contributed by atoms with van der Waals surface area (Å²) < 4.78 is 31.4. The van der Waals surface area contributed by atoms with Gasteiger partial charge in [-0.05, 0) is 29.3 Å². The second-order valence-electron chi connectivity index (χ2n) is 4.26. The third kappa shape index (κ3) is 3.98. The zero-order chi connectivity index (χ0) is 15.4. The molecular formula is C14H10BrF2NO3. The minimum atomic E-state index is -0.724. The maximum absolute atomic E-state index is 13.1. The lowest BCUT2D eigenvalue weighted by Crippen LogP contribution is -2.00. The Hall–Kier alpha value is -2.02. The lowest BCUT2D eigenvalue weighted by molar-refractivity contribution is -0.386. The Morgan fingerprint density at radius 1 is 1.10 bits per heavy atom. The van der Waals surface area contributed by atoms with Crippen LogP contribution in [0.25, 0.3) is 0 Å². The molecule has 0 aliphatic heterocycles. The molecule has 0 spiro atoms. The number of hydrogen-bond acceptors (Lipinski definition) is 3. The van der Waals surface area contributed by atoms with Crippen LogP contribution in [0, 0.1) is 21.7 Å². The Morgan fingerprint density at radius 3 is 2.33 bits per heavy atom. The van der Waals surface area contributed by atoms with Gasteiger partial charge in [-0.25, -0.2) is 8.78 Å². The molecule has 0 radical (unpaired) electrons. The molecule has 4 nitrogen and oxygen atoms in total. The summed E-state index contributed by atoms with van der Waals surface area (Å²) in [4.78, 5) is 10.4. The van der Waals surface area contributed by atoms with E-state index in [9.17, 15) is 18.9 Å².